The topological polar surface area (TPSA) is 115 Å². The third-order valence-electron chi connectivity index (χ3n) is 2.54. The van der Waals surface area contributed by atoms with Gasteiger partial charge in [-0.05, 0) is 25.0 Å². The van der Waals surface area contributed by atoms with Gasteiger partial charge >= 0.3 is 5.97 Å². The monoisotopic (exact) mass is 259 g/mol. The molecule has 98 valence electrons. The molecule has 2 aromatic rings. The van der Waals surface area contributed by atoms with Gasteiger partial charge in [-0.1, -0.05) is 18.2 Å². The number of hydrogen-bond donors (Lipinski definition) is 2. The van der Waals surface area contributed by atoms with E-state index in [4.69, 9.17) is 10.8 Å². The molecule has 0 saturated carbocycles. The molecule has 1 atom stereocenters. The van der Waals surface area contributed by atoms with Gasteiger partial charge in [-0.2, -0.15) is 0 Å². The highest BCUT2D eigenvalue weighted by Crippen LogP contribution is 2.15. The zero-order valence-electron chi connectivity index (χ0n) is 10.3. The Morgan fingerprint density at radius 2 is 2.00 bits per heavy atom. The van der Waals surface area contributed by atoms with Crippen molar-refractivity contribution in [1.82, 2.24) is 20.4 Å². The first-order valence-corrected chi connectivity index (χ1v) is 5.68. The molecular weight excluding hydrogens is 246 g/mol. The maximum absolute atomic E-state index is 10.7. The van der Waals surface area contributed by atoms with Crippen LogP contribution in [0.1, 0.15) is 11.4 Å². The van der Waals surface area contributed by atoms with Crippen LogP contribution in [0.2, 0.25) is 0 Å². The smallest absolute Gasteiger partial charge is 0.320 e. The average Bonchev–Trinajstić information content (AvgIpc) is 2.39. The van der Waals surface area contributed by atoms with Crippen LogP contribution in [0.25, 0.3) is 11.4 Å². The molecule has 0 aliphatic carbocycles. The van der Waals surface area contributed by atoms with Crippen LogP contribution in [0.4, 0.5) is 0 Å². The molecule has 1 heterocycles. The van der Waals surface area contributed by atoms with Gasteiger partial charge in [0.25, 0.3) is 0 Å². The van der Waals surface area contributed by atoms with Crippen LogP contribution in [-0.2, 0) is 11.2 Å². The highest BCUT2D eigenvalue weighted by molar-refractivity contribution is 5.73. The number of hydrogen-bond acceptors (Lipinski definition) is 6. The summed E-state index contributed by atoms with van der Waals surface area (Å²) in [4.78, 5) is 10.7. The number of aryl methyl sites for hydroxylation is 1. The first-order chi connectivity index (χ1) is 9.06. The molecule has 0 aliphatic heterocycles. The molecular formula is C12H13N5O2. The van der Waals surface area contributed by atoms with E-state index in [1.165, 1.54) is 0 Å². The molecule has 7 nitrogen and oxygen atoms in total. The first kappa shape index (κ1) is 13.0. The molecule has 0 fully saturated rings. The molecule has 7 heteroatoms. The molecule has 1 aromatic carbocycles. The Morgan fingerprint density at radius 3 is 2.63 bits per heavy atom. The van der Waals surface area contributed by atoms with E-state index in [-0.39, 0.29) is 6.42 Å². The fourth-order valence-electron chi connectivity index (χ4n) is 1.57. The Labute approximate surface area is 109 Å². The zero-order chi connectivity index (χ0) is 13.8. The Bertz CT molecular complexity index is 585. The van der Waals surface area contributed by atoms with Crippen LogP contribution in [0.5, 0.6) is 0 Å². The lowest BCUT2D eigenvalue weighted by molar-refractivity contribution is -0.138. The summed E-state index contributed by atoms with van der Waals surface area (Å²) in [6.07, 6.45) is 0.246. The van der Waals surface area contributed by atoms with Crippen molar-refractivity contribution < 1.29 is 9.90 Å². The third kappa shape index (κ3) is 3.29. The number of rotatable bonds is 4. The molecule has 0 bridgehead atoms. The second-order valence-electron chi connectivity index (χ2n) is 4.12. The predicted octanol–water partition coefficient (Wildman–Crippen LogP) is 0.196. The molecule has 1 aromatic heterocycles. The van der Waals surface area contributed by atoms with E-state index in [1.807, 2.05) is 6.07 Å². The van der Waals surface area contributed by atoms with E-state index in [0.29, 0.717) is 11.6 Å². The number of aromatic nitrogens is 4. The van der Waals surface area contributed by atoms with Gasteiger partial charge in [-0.25, -0.2) is 0 Å². The summed E-state index contributed by atoms with van der Waals surface area (Å²) in [5, 5.41) is 24.3. The minimum atomic E-state index is -1.03. The molecule has 0 saturated heterocycles. The summed E-state index contributed by atoms with van der Waals surface area (Å²) in [5.74, 6) is -0.135. The number of nitrogens with zero attached hydrogens (tertiary/aromatic N) is 4. The van der Waals surface area contributed by atoms with Gasteiger partial charge in [0.1, 0.15) is 6.04 Å². The summed E-state index contributed by atoms with van der Waals surface area (Å²) < 4.78 is 0. The Hall–Kier alpha value is -2.41. The largest absolute Gasteiger partial charge is 0.480 e. The van der Waals surface area contributed by atoms with E-state index in [0.717, 1.165) is 11.1 Å². The van der Waals surface area contributed by atoms with Crippen molar-refractivity contribution in [1.29, 1.82) is 0 Å². The van der Waals surface area contributed by atoms with Gasteiger partial charge in [0.05, 0.1) is 0 Å². The van der Waals surface area contributed by atoms with E-state index in [2.05, 4.69) is 20.4 Å². The maximum atomic E-state index is 10.7. The summed E-state index contributed by atoms with van der Waals surface area (Å²) in [6.45, 7) is 1.70. The van der Waals surface area contributed by atoms with Gasteiger partial charge < -0.3 is 10.8 Å². The van der Waals surface area contributed by atoms with Crippen LogP contribution in [-0.4, -0.2) is 37.5 Å². The standard InChI is InChI=1S/C12H13N5O2/c1-7-14-16-11(17-15-7)9-4-2-3-8(5-9)6-10(13)12(18)19/h2-5,10H,6,13H2,1H3,(H,18,19)/t10-/m0/s1. The first-order valence-electron chi connectivity index (χ1n) is 5.68. The third-order valence-corrected chi connectivity index (χ3v) is 2.54. The van der Waals surface area contributed by atoms with Gasteiger partial charge in [0, 0.05) is 5.56 Å². The Balaban J connectivity index is 2.24. The van der Waals surface area contributed by atoms with Crippen molar-refractivity contribution in [3.63, 3.8) is 0 Å². The fourth-order valence-corrected chi connectivity index (χ4v) is 1.57. The van der Waals surface area contributed by atoms with Gasteiger partial charge in [0.2, 0.25) is 5.82 Å². The Kier molecular flexibility index (Phi) is 3.76. The second kappa shape index (κ2) is 5.49. The maximum Gasteiger partial charge on any atom is 0.320 e. The number of aliphatic carboxylic acids is 1. The van der Waals surface area contributed by atoms with E-state index in [9.17, 15) is 4.79 Å². The van der Waals surface area contributed by atoms with Crippen molar-refractivity contribution in [3.8, 4) is 11.4 Å². The minimum Gasteiger partial charge on any atom is -0.480 e. The van der Waals surface area contributed by atoms with Crippen LogP contribution in [0.3, 0.4) is 0 Å². The van der Waals surface area contributed by atoms with Crippen LogP contribution in [0.15, 0.2) is 24.3 Å². The number of nitrogens with two attached hydrogens (primary N) is 1. The second-order valence-corrected chi connectivity index (χ2v) is 4.12. The molecule has 2 rings (SSSR count). The van der Waals surface area contributed by atoms with E-state index < -0.39 is 12.0 Å². The normalized spacial score (nSPS) is 12.1. The average molecular weight is 259 g/mol. The van der Waals surface area contributed by atoms with Crippen molar-refractivity contribution in [3.05, 3.63) is 35.7 Å². The van der Waals surface area contributed by atoms with Crippen molar-refractivity contribution in [2.24, 2.45) is 5.73 Å². The number of benzene rings is 1. The van der Waals surface area contributed by atoms with Crippen molar-refractivity contribution >= 4 is 5.97 Å². The highest BCUT2D eigenvalue weighted by atomic mass is 16.4. The quantitative estimate of drug-likeness (QED) is 0.805. The van der Waals surface area contributed by atoms with Gasteiger partial charge in [-0.15, -0.1) is 20.4 Å². The molecule has 0 amide bonds. The van der Waals surface area contributed by atoms with Crippen molar-refractivity contribution in [2.75, 3.05) is 0 Å². The SMILES string of the molecule is Cc1nnc(-c2cccc(C[C@H](N)C(=O)O)c2)nn1. The van der Waals surface area contributed by atoms with E-state index >= 15 is 0 Å². The van der Waals surface area contributed by atoms with Crippen LogP contribution >= 0.6 is 0 Å². The van der Waals surface area contributed by atoms with Crippen LogP contribution < -0.4 is 5.73 Å². The number of carbonyl (C=O) groups is 1. The molecule has 3 N–H and O–H groups in total. The Morgan fingerprint density at radius 1 is 1.32 bits per heavy atom. The molecule has 0 radical (unpaired) electrons. The summed E-state index contributed by atoms with van der Waals surface area (Å²) in [5.41, 5.74) is 7.04. The summed E-state index contributed by atoms with van der Waals surface area (Å²) in [7, 11) is 0. The number of carboxylic acids is 1. The zero-order valence-corrected chi connectivity index (χ0v) is 10.3. The molecule has 0 spiro atoms. The highest BCUT2D eigenvalue weighted by Gasteiger charge is 2.13. The lowest BCUT2D eigenvalue weighted by Gasteiger charge is -2.07. The van der Waals surface area contributed by atoms with Crippen molar-refractivity contribution in [2.45, 2.75) is 19.4 Å². The lowest BCUT2D eigenvalue weighted by atomic mass is 10.0. The molecule has 19 heavy (non-hydrogen) atoms. The lowest BCUT2D eigenvalue weighted by Crippen LogP contribution is -2.32. The van der Waals surface area contributed by atoms with Gasteiger partial charge in [-0.3, -0.25) is 4.79 Å². The summed E-state index contributed by atoms with van der Waals surface area (Å²) >= 11 is 0. The molecule has 0 unspecified atom stereocenters. The summed E-state index contributed by atoms with van der Waals surface area (Å²) in [6, 6.07) is 6.27. The molecule has 0 aliphatic rings. The predicted molar refractivity (Wildman–Crippen MR) is 67.1 cm³/mol. The van der Waals surface area contributed by atoms with E-state index in [1.54, 1.807) is 25.1 Å². The van der Waals surface area contributed by atoms with Gasteiger partial charge in [0.15, 0.2) is 5.82 Å². The number of carboxylic acid groups (broad SMARTS) is 1. The minimum absolute atomic E-state index is 0.246. The van der Waals surface area contributed by atoms with Crippen LogP contribution in [0, 0.1) is 6.92 Å². The fraction of sp³-hybridized carbons (Fsp3) is 0.250.